The zero-order chi connectivity index (χ0) is 11.8. The highest BCUT2D eigenvalue weighted by Gasteiger charge is 2.09. The van der Waals surface area contributed by atoms with Crippen molar-refractivity contribution in [3.8, 4) is 0 Å². The maximum absolute atomic E-state index is 7.21. The molecule has 0 aromatic carbocycles. The van der Waals surface area contributed by atoms with Crippen LogP contribution in [0.3, 0.4) is 0 Å². The lowest BCUT2D eigenvalue weighted by Crippen LogP contribution is -2.35. The maximum Gasteiger partial charge on any atom is 0.0920 e. The summed E-state index contributed by atoms with van der Waals surface area (Å²) in [6.45, 7) is 8.81. The number of nitrogens with one attached hydrogen (secondary N) is 1. The molecule has 4 heteroatoms. The van der Waals surface area contributed by atoms with Crippen LogP contribution in [0, 0.1) is 11.3 Å². The Hall–Kier alpha value is -0.610. The van der Waals surface area contributed by atoms with Gasteiger partial charge in [0.15, 0.2) is 0 Å². The van der Waals surface area contributed by atoms with Crippen molar-refractivity contribution < 1.29 is 4.74 Å². The second kappa shape index (κ2) is 7.65. The lowest BCUT2D eigenvalue weighted by molar-refractivity contribution is 0.0839. The van der Waals surface area contributed by atoms with Crippen LogP contribution in [-0.4, -0.2) is 43.6 Å². The zero-order valence-corrected chi connectivity index (χ0v) is 10.4. The smallest absolute Gasteiger partial charge is 0.0920 e. The molecule has 0 rings (SSSR count). The number of hydrogen-bond acceptors (Lipinski definition) is 3. The van der Waals surface area contributed by atoms with Gasteiger partial charge in [-0.2, -0.15) is 0 Å². The van der Waals surface area contributed by atoms with E-state index in [-0.39, 0.29) is 5.84 Å². The second-order valence-corrected chi connectivity index (χ2v) is 4.53. The van der Waals surface area contributed by atoms with Gasteiger partial charge in [-0.15, -0.1) is 0 Å². The van der Waals surface area contributed by atoms with E-state index in [1.165, 1.54) is 0 Å². The molecule has 0 heterocycles. The third kappa shape index (κ3) is 8.39. The van der Waals surface area contributed by atoms with Gasteiger partial charge in [-0.1, -0.05) is 13.8 Å². The van der Waals surface area contributed by atoms with E-state index >= 15 is 0 Å². The Morgan fingerprint density at radius 2 is 2.00 bits per heavy atom. The first-order chi connectivity index (χ1) is 6.93. The summed E-state index contributed by atoms with van der Waals surface area (Å²) in [6, 6.07) is 0.310. The molecular weight excluding hydrogens is 190 g/mol. The van der Waals surface area contributed by atoms with Crippen LogP contribution in [0.25, 0.3) is 0 Å². The van der Waals surface area contributed by atoms with E-state index in [0.717, 1.165) is 19.8 Å². The average Bonchev–Trinajstić information content (AvgIpc) is 2.10. The number of amidine groups is 1. The first-order valence-electron chi connectivity index (χ1n) is 5.54. The number of nitrogens with two attached hydrogens (primary N) is 1. The molecular formula is C11H25N3O. The highest BCUT2D eigenvalue weighted by molar-refractivity contribution is 5.77. The molecule has 0 amide bonds. The van der Waals surface area contributed by atoms with Crippen molar-refractivity contribution in [1.82, 2.24) is 4.90 Å². The maximum atomic E-state index is 7.21. The molecule has 0 aliphatic heterocycles. The summed E-state index contributed by atoms with van der Waals surface area (Å²) >= 11 is 0. The van der Waals surface area contributed by atoms with Crippen molar-refractivity contribution in [3.63, 3.8) is 0 Å². The number of nitrogens with zero attached hydrogens (tertiary/aromatic N) is 1. The van der Waals surface area contributed by atoms with Crippen molar-refractivity contribution >= 4 is 5.84 Å². The molecule has 0 saturated heterocycles. The van der Waals surface area contributed by atoms with Crippen molar-refractivity contribution in [2.75, 3.05) is 26.8 Å². The molecule has 0 aromatic rings. The van der Waals surface area contributed by atoms with E-state index in [9.17, 15) is 0 Å². The van der Waals surface area contributed by atoms with Crippen molar-refractivity contribution in [2.45, 2.75) is 33.2 Å². The fourth-order valence-corrected chi connectivity index (χ4v) is 1.22. The minimum absolute atomic E-state index is 0.248. The van der Waals surface area contributed by atoms with Gasteiger partial charge in [0.05, 0.1) is 12.4 Å². The summed E-state index contributed by atoms with van der Waals surface area (Å²) < 4.78 is 5.49. The molecule has 0 bridgehead atoms. The van der Waals surface area contributed by atoms with Gasteiger partial charge < -0.3 is 15.4 Å². The molecule has 0 spiro atoms. The fourth-order valence-electron chi connectivity index (χ4n) is 1.22. The Bertz CT molecular complexity index is 183. The van der Waals surface area contributed by atoms with E-state index in [1.807, 2.05) is 7.05 Å². The molecule has 0 aliphatic carbocycles. The Balaban J connectivity index is 3.55. The van der Waals surface area contributed by atoms with Crippen molar-refractivity contribution in [3.05, 3.63) is 0 Å². The standard InChI is InChI=1S/C11H25N3O/c1-9(2)8-15-6-5-14(4)10(3)7-11(12)13/h9-10H,5-8H2,1-4H3,(H3,12,13). The minimum atomic E-state index is 0.248. The van der Waals surface area contributed by atoms with Gasteiger partial charge in [0.25, 0.3) is 0 Å². The molecule has 0 aliphatic rings. The third-order valence-electron chi connectivity index (χ3n) is 2.31. The average molecular weight is 215 g/mol. The molecule has 0 radical (unpaired) electrons. The molecule has 3 N–H and O–H groups in total. The number of rotatable bonds is 8. The Morgan fingerprint density at radius 1 is 1.40 bits per heavy atom. The van der Waals surface area contributed by atoms with Crippen LogP contribution in [-0.2, 0) is 4.74 Å². The quantitative estimate of drug-likeness (QED) is 0.364. The Labute approximate surface area is 93.3 Å². The fraction of sp³-hybridized carbons (Fsp3) is 0.909. The minimum Gasteiger partial charge on any atom is -0.388 e. The number of ether oxygens (including phenoxy) is 1. The summed E-state index contributed by atoms with van der Waals surface area (Å²) in [5, 5.41) is 7.21. The first kappa shape index (κ1) is 14.4. The van der Waals surface area contributed by atoms with Gasteiger partial charge in [-0.05, 0) is 19.9 Å². The predicted molar refractivity (Wildman–Crippen MR) is 64.3 cm³/mol. The van der Waals surface area contributed by atoms with Gasteiger partial charge in [-0.25, -0.2) is 0 Å². The molecule has 0 saturated carbocycles. The van der Waals surface area contributed by atoms with Gasteiger partial charge in [0.2, 0.25) is 0 Å². The second-order valence-electron chi connectivity index (χ2n) is 4.53. The van der Waals surface area contributed by atoms with E-state index in [4.69, 9.17) is 15.9 Å². The van der Waals surface area contributed by atoms with Crippen LogP contribution in [0.2, 0.25) is 0 Å². The van der Waals surface area contributed by atoms with Crippen LogP contribution in [0.15, 0.2) is 0 Å². The highest BCUT2D eigenvalue weighted by atomic mass is 16.5. The van der Waals surface area contributed by atoms with Crippen molar-refractivity contribution in [2.24, 2.45) is 11.7 Å². The molecule has 15 heavy (non-hydrogen) atoms. The van der Waals surface area contributed by atoms with Crippen LogP contribution >= 0.6 is 0 Å². The molecule has 0 aromatic heterocycles. The molecule has 1 unspecified atom stereocenters. The Morgan fingerprint density at radius 3 is 2.47 bits per heavy atom. The van der Waals surface area contributed by atoms with Crippen LogP contribution in [0.5, 0.6) is 0 Å². The van der Waals surface area contributed by atoms with E-state index < -0.39 is 0 Å². The highest BCUT2D eigenvalue weighted by Crippen LogP contribution is 2.00. The third-order valence-corrected chi connectivity index (χ3v) is 2.31. The molecule has 4 nitrogen and oxygen atoms in total. The number of hydrogen-bond donors (Lipinski definition) is 2. The normalized spacial score (nSPS) is 13.5. The molecule has 1 atom stereocenters. The van der Waals surface area contributed by atoms with Crippen LogP contribution in [0.4, 0.5) is 0 Å². The van der Waals surface area contributed by atoms with Crippen LogP contribution < -0.4 is 5.73 Å². The summed E-state index contributed by atoms with van der Waals surface area (Å²) in [7, 11) is 2.03. The Kier molecular flexibility index (Phi) is 7.34. The van der Waals surface area contributed by atoms with Gasteiger partial charge in [-0.3, -0.25) is 5.41 Å². The molecule has 90 valence electrons. The summed E-state index contributed by atoms with van der Waals surface area (Å²) in [5.74, 6) is 0.836. The molecule has 0 fully saturated rings. The first-order valence-corrected chi connectivity index (χ1v) is 5.54. The van der Waals surface area contributed by atoms with Crippen molar-refractivity contribution in [1.29, 1.82) is 5.41 Å². The largest absolute Gasteiger partial charge is 0.388 e. The van der Waals surface area contributed by atoms with Gasteiger partial charge in [0.1, 0.15) is 0 Å². The SMILES string of the molecule is CC(C)COCCN(C)C(C)CC(=N)N. The van der Waals surface area contributed by atoms with E-state index in [0.29, 0.717) is 18.4 Å². The monoisotopic (exact) mass is 215 g/mol. The van der Waals surface area contributed by atoms with Crippen LogP contribution in [0.1, 0.15) is 27.2 Å². The topological polar surface area (TPSA) is 62.3 Å². The van der Waals surface area contributed by atoms with E-state index in [2.05, 4.69) is 25.7 Å². The number of likely N-dealkylation sites (N-methyl/N-ethyl adjacent to an activating group) is 1. The predicted octanol–water partition coefficient (Wildman–Crippen LogP) is 1.31. The summed E-state index contributed by atoms with van der Waals surface area (Å²) in [6.07, 6.45) is 0.626. The van der Waals surface area contributed by atoms with Gasteiger partial charge in [0, 0.05) is 25.6 Å². The van der Waals surface area contributed by atoms with Gasteiger partial charge >= 0.3 is 0 Å². The summed E-state index contributed by atoms with van der Waals surface area (Å²) in [5.41, 5.74) is 5.35. The van der Waals surface area contributed by atoms with E-state index in [1.54, 1.807) is 0 Å². The lowest BCUT2D eigenvalue weighted by Gasteiger charge is -2.24. The zero-order valence-electron chi connectivity index (χ0n) is 10.4. The lowest BCUT2D eigenvalue weighted by atomic mass is 10.2. The summed E-state index contributed by atoms with van der Waals surface area (Å²) in [4.78, 5) is 2.17.